The van der Waals surface area contributed by atoms with Gasteiger partial charge in [-0.3, -0.25) is 0 Å². The Hall–Kier alpha value is -0.890. The Kier molecular flexibility index (Phi) is 5.18. The van der Waals surface area contributed by atoms with Gasteiger partial charge in [0, 0.05) is 15.8 Å². The first-order valence-corrected chi connectivity index (χ1v) is 7.33. The molecule has 0 bridgehead atoms. The van der Waals surface area contributed by atoms with Crippen molar-refractivity contribution >= 4 is 41.0 Å². The zero-order chi connectivity index (χ0) is 12.8. The summed E-state index contributed by atoms with van der Waals surface area (Å²) in [5.74, 6) is 0.946. The highest BCUT2D eigenvalue weighted by Crippen LogP contribution is 2.18. The fourth-order valence-electron chi connectivity index (χ4n) is 1.43. The minimum atomic E-state index is 0.765. The fraction of sp³-hybridized carbons (Fsp3) is 0.0667. The third-order valence-corrected chi connectivity index (χ3v) is 3.72. The van der Waals surface area contributed by atoms with Crippen molar-refractivity contribution in [2.24, 2.45) is 0 Å². The molecule has 0 saturated heterocycles. The molecule has 0 N–H and O–H groups in total. The van der Waals surface area contributed by atoms with Gasteiger partial charge in [-0.15, -0.1) is 11.8 Å². The van der Waals surface area contributed by atoms with Crippen LogP contribution in [0.5, 0.6) is 0 Å². The van der Waals surface area contributed by atoms with Gasteiger partial charge < -0.3 is 0 Å². The first kappa shape index (κ1) is 13.5. The molecule has 2 rings (SSSR count). The van der Waals surface area contributed by atoms with Crippen LogP contribution in [0.3, 0.4) is 0 Å². The van der Waals surface area contributed by atoms with Crippen LogP contribution >= 0.6 is 35.0 Å². The summed E-state index contributed by atoms with van der Waals surface area (Å²) in [5, 5.41) is 3.64. The average Bonchev–Trinajstić information content (AvgIpc) is 2.39. The van der Waals surface area contributed by atoms with E-state index < -0.39 is 0 Å². The van der Waals surface area contributed by atoms with E-state index in [1.165, 1.54) is 5.56 Å². The second kappa shape index (κ2) is 6.89. The average molecular weight is 295 g/mol. The van der Waals surface area contributed by atoms with Gasteiger partial charge in [-0.05, 0) is 46.9 Å². The molecule has 3 heteroatoms. The van der Waals surface area contributed by atoms with Crippen molar-refractivity contribution in [1.29, 1.82) is 0 Å². The summed E-state index contributed by atoms with van der Waals surface area (Å²) in [6, 6.07) is 15.7. The van der Waals surface area contributed by atoms with E-state index in [4.69, 9.17) is 23.2 Å². The number of rotatable bonds is 4. The molecule has 0 radical (unpaired) electrons. The highest BCUT2D eigenvalue weighted by Gasteiger charge is 1.92. The van der Waals surface area contributed by atoms with Crippen molar-refractivity contribution in [2.45, 2.75) is 5.75 Å². The monoisotopic (exact) mass is 294 g/mol. The highest BCUT2D eigenvalue weighted by molar-refractivity contribution is 8.01. The van der Waals surface area contributed by atoms with Crippen LogP contribution in [-0.2, 0) is 5.75 Å². The van der Waals surface area contributed by atoms with E-state index in [1.54, 1.807) is 11.8 Å². The molecular formula is C15H12Cl2S. The standard InChI is InChI=1S/C15H12Cl2S/c16-14-5-1-12(2-6-14)9-10-18-11-13-3-7-15(17)8-4-13/h1-10H,11H2. The van der Waals surface area contributed by atoms with Crippen LogP contribution in [0.4, 0.5) is 0 Å². The molecule has 0 aliphatic carbocycles. The van der Waals surface area contributed by atoms with E-state index in [9.17, 15) is 0 Å². The molecule has 0 nitrogen and oxygen atoms in total. The first-order chi connectivity index (χ1) is 8.74. The van der Waals surface area contributed by atoms with Crippen molar-refractivity contribution in [3.8, 4) is 0 Å². The summed E-state index contributed by atoms with van der Waals surface area (Å²) in [6.07, 6.45) is 2.08. The molecule has 18 heavy (non-hydrogen) atoms. The van der Waals surface area contributed by atoms with E-state index in [1.807, 2.05) is 48.5 Å². The Morgan fingerprint density at radius 1 is 0.833 bits per heavy atom. The maximum absolute atomic E-state index is 5.83. The van der Waals surface area contributed by atoms with E-state index in [-0.39, 0.29) is 0 Å². The van der Waals surface area contributed by atoms with E-state index in [0.717, 1.165) is 21.4 Å². The van der Waals surface area contributed by atoms with Gasteiger partial charge in [0.15, 0.2) is 0 Å². The van der Waals surface area contributed by atoms with Crippen molar-refractivity contribution in [3.63, 3.8) is 0 Å². The molecular weight excluding hydrogens is 283 g/mol. The Bertz CT molecular complexity index is 515. The van der Waals surface area contributed by atoms with Gasteiger partial charge in [-0.1, -0.05) is 47.5 Å². The minimum Gasteiger partial charge on any atom is -0.129 e. The topological polar surface area (TPSA) is 0 Å². The van der Waals surface area contributed by atoms with Crippen LogP contribution in [0.2, 0.25) is 10.0 Å². The normalized spacial score (nSPS) is 11.0. The summed E-state index contributed by atoms with van der Waals surface area (Å²) in [4.78, 5) is 0. The lowest BCUT2D eigenvalue weighted by Gasteiger charge is -1.98. The third kappa shape index (κ3) is 4.41. The molecule has 2 aromatic carbocycles. The van der Waals surface area contributed by atoms with Crippen molar-refractivity contribution < 1.29 is 0 Å². The first-order valence-electron chi connectivity index (χ1n) is 5.52. The van der Waals surface area contributed by atoms with Gasteiger partial charge in [0.25, 0.3) is 0 Å². The van der Waals surface area contributed by atoms with Crippen molar-refractivity contribution in [1.82, 2.24) is 0 Å². The van der Waals surface area contributed by atoms with Crippen molar-refractivity contribution in [2.75, 3.05) is 0 Å². The smallest absolute Gasteiger partial charge is 0.0406 e. The van der Waals surface area contributed by atoms with Crippen LogP contribution in [0.1, 0.15) is 11.1 Å². The summed E-state index contributed by atoms with van der Waals surface area (Å²) in [5.41, 5.74) is 2.42. The number of hydrogen-bond acceptors (Lipinski definition) is 1. The number of hydrogen-bond donors (Lipinski definition) is 0. The molecule has 0 aromatic heterocycles. The minimum absolute atomic E-state index is 0.765. The predicted octanol–water partition coefficient (Wildman–Crippen LogP) is 5.90. The van der Waals surface area contributed by atoms with Gasteiger partial charge in [0.2, 0.25) is 0 Å². The molecule has 0 amide bonds. The molecule has 0 aliphatic heterocycles. The van der Waals surface area contributed by atoms with E-state index in [2.05, 4.69) is 11.5 Å². The Labute approximate surface area is 122 Å². The van der Waals surface area contributed by atoms with Gasteiger partial charge in [0.05, 0.1) is 0 Å². The van der Waals surface area contributed by atoms with Crippen LogP contribution in [0.25, 0.3) is 6.08 Å². The number of thioether (sulfide) groups is 1. The van der Waals surface area contributed by atoms with E-state index in [0.29, 0.717) is 0 Å². The van der Waals surface area contributed by atoms with Gasteiger partial charge in [0.1, 0.15) is 0 Å². The SMILES string of the molecule is Clc1ccc(C=CSCc2ccc(Cl)cc2)cc1. The predicted molar refractivity (Wildman–Crippen MR) is 83.2 cm³/mol. The Morgan fingerprint density at radius 2 is 1.39 bits per heavy atom. The van der Waals surface area contributed by atoms with Gasteiger partial charge >= 0.3 is 0 Å². The maximum atomic E-state index is 5.83. The molecule has 0 atom stereocenters. The lowest BCUT2D eigenvalue weighted by Crippen LogP contribution is -1.77. The molecule has 0 spiro atoms. The van der Waals surface area contributed by atoms with Crippen molar-refractivity contribution in [3.05, 3.63) is 75.1 Å². The summed E-state index contributed by atoms with van der Waals surface area (Å²) in [6.45, 7) is 0. The molecule has 0 unspecified atom stereocenters. The maximum Gasteiger partial charge on any atom is 0.0406 e. The largest absolute Gasteiger partial charge is 0.129 e. The highest BCUT2D eigenvalue weighted by atomic mass is 35.5. The summed E-state index contributed by atoms with van der Waals surface area (Å²) >= 11 is 13.4. The lowest BCUT2D eigenvalue weighted by atomic mass is 10.2. The van der Waals surface area contributed by atoms with Gasteiger partial charge in [-0.25, -0.2) is 0 Å². The molecule has 0 aliphatic rings. The molecule has 0 heterocycles. The number of benzene rings is 2. The summed E-state index contributed by atoms with van der Waals surface area (Å²) in [7, 11) is 0. The summed E-state index contributed by atoms with van der Waals surface area (Å²) < 4.78 is 0. The number of halogens is 2. The Balaban J connectivity index is 1.84. The Morgan fingerprint density at radius 3 is 2.00 bits per heavy atom. The zero-order valence-corrected chi connectivity index (χ0v) is 12.0. The second-order valence-electron chi connectivity index (χ2n) is 3.79. The fourth-order valence-corrected chi connectivity index (χ4v) is 2.41. The molecule has 0 fully saturated rings. The quantitative estimate of drug-likeness (QED) is 0.677. The van der Waals surface area contributed by atoms with Crippen LogP contribution in [-0.4, -0.2) is 0 Å². The lowest BCUT2D eigenvalue weighted by molar-refractivity contribution is 1.42. The van der Waals surface area contributed by atoms with Gasteiger partial charge in [-0.2, -0.15) is 0 Å². The molecule has 0 saturated carbocycles. The second-order valence-corrected chi connectivity index (χ2v) is 5.56. The molecule has 2 aromatic rings. The van der Waals surface area contributed by atoms with Crippen LogP contribution in [0.15, 0.2) is 53.9 Å². The van der Waals surface area contributed by atoms with E-state index >= 15 is 0 Å². The third-order valence-electron chi connectivity index (χ3n) is 2.39. The van der Waals surface area contributed by atoms with Crippen LogP contribution < -0.4 is 0 Å². The zero-order valence-electron chi connectivity index (χ0n) is 9.64. The van der Waals surface area contributed by atoms with Crippen LogP contribution in [0, 0.1) is 0 Å². The molecule has 92 valence electrons.